The Labute approximate surface area is 143 Å². The lowest BCUT2D eigenvalue weighted by Crippen LogP contribution is -2.32. The van der Waals surface area contributed by atoms with Gasteiger partial charge in [-0.2, -0.15) is 0 Å². The second-order valence-electron chi connectivity index (χ2n) is 5.31. The molecule has 0 aromatic heterocycles. The Morgan fingerprint density at radius 2 is 1.87 bits per heavy atom. The molecule has 1 fully saturated rings. The maximum absolute atomic E-state index is 12.4. The summed E-state index contributed by atoms with van der Waals surface area (Å²) in [5.41, 5.74) is 1.33. The molecule has 124 valence electrons. The highest BCUT2D eigenvalue weighted by Crippen LogP contribution is 2.37. The van der Waals surface area contributed by atoms with E-state index in [4.69, 9.17) is 5.11 Å². The van der Waals surface area contributed by atoms with Crippen LogP contribution in [0.2, 0.25) is 0 Å². The Kier molecular flexibility index (Phi) is 6.04. The molecule has 1 aromatic carbocycles. The fraction of sp³-hybridized carbons (Fsp3) is 0.438. The number of amides is 1. The van der Waals surface area contributed by atoms with Crippen LogP contribution in [-0.4, -0.2) is 58.8 Å². The first-order chi connectivity index (χ1) is 11.0. The Balaban J connectivity index is 2.46. The zero-order valence-electron chi connectivity index (χ0n) is 12.8. The number of ketones is 1. The first kappa shape index (κ1) is 17.8. The molecule has 1 unspecified atom stereocenters. The van der Waals surface area contributed by atoms with Crippen LogP contribution in [0, 0.1) is 5.92 Å². The number of hydrogen-bond donors (Lipinski definition) is 2. The summed E-state index contributed by atoms with van der Waals surface area (Å²) in [7, 11) is 0. The molecule has 0 bridgehead atoms. The molecule has 0 spiro atoms. The van der Waals surface area contributed by atoms with Gasteiger partial charge in [0.2, 0.25) is 5.78 Å². The third kappa shape index (κ3) is 3.68. The van der Waals surface area contributed by atoms with E-state index in [1.807, 2.05) is 24.3 Å². The first-order valence-corrected chi connectivity index (χ1v) is 8.13. The van der Waals surface area contributed by atoms with E-state index in [1.54, 1.807) is 6.92 Å². The monoisotopic (exact) mass is 382 g/mol. The van der Waals surface area contributed by atoms with Crippen molar-refractivity contribution in [2.24, 2.45) is 10.9 Å². The Hall–Kier alpha value is -1.57. The van der Waals surface area contributed by atoms with Crippen LogP contribution in [0.4, 0.5) is 0 Å². The average Bonchev–Trinajstić information content (AvgIpc) is 2.79. The minimum atomic E-state index is -0.693. The molecular weight excluding hydrogens is 364 g/mol. The van der Waals surface area contributed by atoms with Gasteiger partial charge in [0.1, 0.15) is 0 Å². The van der Waals surface area contributed by atoms with Crippen LogP contribution in [0.5, 0.6) is 0 Å². The normalized spacial score (nSPS) is 22.1. The lowest BCUT2D eigenvalue weighted by molar-refractivity contribution is -0.141. The number of rotatable bonds is 6. The molecule has 7 heteroatoms. The van der Waals surface area contributed by atoms with Crippen molar-refractivity contribution in [1.29, 1.82) is 0 Å². The summed E-state index contributed by atoms with van der Waals surface area (Å²) < 4.78 is 0.896. The Bertz CT molecular complexity index is 615. The van der Waals surface area contributed by atoms with Crippen molar-refractivity contribution in [1.82, 2.24) is 4.90 Å². The summed E-state index contributed by atoms with van der Waals surface area (Å²) in [5, 5.41) is 18.1. The number of β-amino-alcohol motifs (C(OH)–C–C–N with tert-alkyl or cyclic N) is 1. The zero-order chi connectivity index (χ0) is 17.0. The molecule has 1 heterocycles. The molecule has 0 radical (unpaired) electrons. The van der Waals surface area contributed by atoms with Gasteiger partial charge in [0, 0.05) is 16.7 Å². The molecule has 23 heavy (non-hydrogen) atoms. The minimum Gasteiger partial charge on any atom is -0.395 e. The second kappa shape index (κ2) is 7.81. The summed E-state index contributed by atoms with van der Waals surface area (Å²) in [4.78, 5) is 30.3. The molecule has 1 amide bonds. The van der Waals surface area contributed by atoms with E-state index in [-0.39, 0.29) is 26.3 Å². The van der Waals surface area contributed by atoms with E-state index in [9.17, 15) is 14.7 Å². The SMILES string of the molecule is CC(=NCCO)C1C(=O)C(=O)N(CCO)[C@@H]1c1ccc(Br)cc1. The number of Topliss-reactive ketones (excluding diaryl/α,β-unsaturated/α-hetero) is 1. The van der Waals surface area contributed by atoms with Crippen molar-refractivity contribution >= 4 is 33.3 Å². The van der Waals surface area contributed by atoms with Gasteiger partial charge in [-0.25, -0.2) is 0 Å². The number of carbonyl (C=O) groups excluding carboxylic acids is 2. The molecular formula is C16H19BrN2O4. The van der Waals surface area contributed by atoms with Crippen molar-refractivity contribution in [3.05, 3.63) is 34.3 Å². The van der Waals surface area contributed by atoms with Crippen LogP contribution < -0.4 is 0 Å². The van der Waals surface area contributed by atoms with Gasteiger partial charge < -0.3 is 15.1 Å². The highest BCUT2D eigenvalue weighted by molar-refractivity contribution is 9.10. The van der Waals surface area contributed by atoms with E-state index < -0.39 is 23.7 Å². The number of nitrogens with zero attached hydrogens (tertiary/aromatic N) is 2. The maximum atomic E-state index is 12.4. The number of hydrogen-bond acceptors (Lipinski definition) is 5. The summed E-state index contributed by atoms with van der Waals surface area (Å²) in [6.07, 6.45) is 0. The molecule has 2 atom stereocenters. The molecule has 1 aliphatic heterocycles. The van der Waals surface area contributed by atoms with Crippen molar-refractivity contribution in [3.63, 3.8) is 0 Å². The van der Waals surface area contributed by atoms with E-state index in [0.717, 1.165) is 10.0 Å². The topological polar surface area (TPSA) is 90.2 Å². The van der Waals surface area contributed by atoms with E-state index in [0.29, 0.717) is 5.71 Å². The number of halogens is 1. The van der Waals surface area contributed by atoms with E-state index >= 15 is 0 Å². The lowest BCUT2D eigenvalue weighted by Gasteiger charge is -2.27. The van der Waals surface area contributed by atoms with Crippen LogP contribution >= 0.6 is 15.9 Å². The predicted octanol–water partition coefficient (Wildman–Crippen LogP) is 0.963. The molecule has 0 saturated carbocycles. The standard InChI is InChI=1S/C16H19BrN2O4/c1-10(18-6-8-20)13-14(11-2-4-12(17)5-3-11)19(7-9-21)16(23)15(13)22/h2-5,13-14,20-21H,6-9H2,1H3/t13?,14-/m1/s1. The summed E-state index contributed by atoms with van der Waals surface area (Å²) >= 11 is 3.36. The molecule has 2 N–H and O–H groups in total. The quantitative estimate of drug-likeness (QED) is 0.566. The lowest BCUT2D eigenvalue weighted by atomic mass is 9.89. The van der Waals surface area contributed by atoms with Gasteiger partial charge in [0.05, 0.1) is 31.7 Å². The highest BCUT2D eigenvalue weighted by atomic mass is 79.9. The van der Waals surface area contributed by atoms with Gasteiger partial charge in [-0.05, 0) is 24.6 Å². The van der Waals surface area contributed by atoms with Gasteiger partial charge in [-0.15, -0.1) is 0 Å². The largest absolute Gasteiger partial charge is 0.395 e. The summed E-state index contributed by atoms with van der Waals surface area (Å²) in [5.74, 6) is -1.82. The summed E-state index contributed by atoms with van der Waals surface area (Å²) in [6, 6.07) is 6.89. The number of aliphatic hydroxyl groups excluding tert-OH is 2. The number of likely N-dealkylation sites (tertiary alicyclic amines) is 1. The molecule has 0 aliphatic carbocycles. The van der Waals surface area contributed by atoms with Gasteiger partial charge in [0.15, 0.2) is 0 Å². The number of aliphatic hydroxyl groups is 2. The predicted molar refractivity (Wildman–Crippen MR) is 89.2 cm³/mol. The first-order valence-electron chi connectivity index (χ1n) is 7.34. The average molecular weight is 383 g/mol. The molecule has 1 saturated heterocycles. The van der Waals surface area contributed by atoms with Crippen LogP contribution in [-0.2, 0) is 9.59 Å². The fourth-order valence-electron chi connectivity index (χ4n) is 2.85. The zero-order valence-corrected chi connectivity index (χ0v) is 14.4. The van der Waals surface area contributed by atoms with Crippen LogP contribution in [0.1, 0.15) is 18.5 Å². The van der Waals surface area contributed by atoms with E-state index in [1.165, 1.54) is 4.90 Å². The van der Waals surface area contributed by atoms with Crippen molar-refractivity contribution < 1.29 is 19.8 Å². The third-order valence-corrected chi connectivity index (χ3v) is 4.40. The third-order valence-electron chi connectivity index (χ3n) is 3.87. The van der Waals surface area contributed by atoms with Gasteiger partial charge in [0.25, 0.3) is 5.91 Å². The van der Waals surface area contributed by atoms with Crippen molar-refractivity contribution in [2.45, 2.75) is 13.0 Å². The van der Waals surface area contributed by atoms with Crippen molar-refractivity contribution in [3.8, 4) is 0 Å². The number of carbonyl (C=O) groups is 2. The Morgan fingerprint density at radius 1 is 1.22 bits per heavy atom. The fourth-order valence-corrected chi connectivity index (χ4v) is 3.11. The maximum Gasteiger partial charge on any atom is 0.291 e. The molecule has 1 aliphatic rings. The molecule has 2 rings (SSSR count). The van der Waals surface area contributed by atoms with Gasteiger partial charge >= 0.3 is 0 Å². The molecule has 1 aromatic rings. The van der Waals surface area contributed by atoms with Crippen LogP contribution in [0.15, 0.2) is 33.7 Å². The minimum absolute atomic E-state index is 0.0923. The van der Waals surface area contributed by atoms with Gasteiger partial charge in [-0.3, -0.25) is 14.6 Å². The Morgan fingerprint density at radius 3 is 2.43 bits per heavy atom. The second-order valence-corrected chi connectivity index (χ2v) is 6.22. The van der Waals surface area contributed by atoms with Crippen molar-refractivity contribution in [2.75, 3.05) is 26.3 Å². The van der Waals surface area contributed by atoms with Gasteiger partial charge in [-0.1, -0.05) is 28.1 Å². The number of aliphatic imine (C=N–C) groups is 1. The van der Waals surface area contributed by atoms with Crippen LogP contribution in [0.25, 0.3) is 0 Å². The molecule has 6 nitrogen and oxygen atoms in total. The van der Waals surface area contributed by atoms with Crippen LogP contribution in [0.3, 0.4) is 0 Å². The highest BCUT2D eigenvalue weighted by Gasteiger charge is 2.48. The smallest absolute Gasteiger partial charge is 0.291 e. The van der Waals surface area contributed by atoms with E-state index in [2.05, 4.69) is 20.9 Å². The summed E-state index contributed by atoms with van der Waals surface area (Å²) in [6.45, 7) is 1.65. The number of benzene rings is 1.